The number of benzene rings is 2. The monoisotopic (exact) mass is 364 g/mol. The molecule has 3 rings (SSSR count). The Balaban J connectivity index is 1.83. The van der Waals surface area contributed by atoms with E-state index in [0.29, 0.717) is 6.61 Å². The standard InChI is InChI=1S/C22H28N4O/c1-6-17-8-7-9-21(25(4)23)19(17)14-27-22-11-10-18(12-15(22)2)20-13-16(3)26(5)24-20/h7-13H,6,14,23H2,1-5H3. The van der Waals surface area contributed by atoms with Crippen LogP contribution >= 0.6 is 0 Å². The van der Waals surface area contributed by atoms with Gasteiger partial charge in [0.15, 0.2) is 0 Å². The molecule has 0 saturated carbocycles. The van der Waals surface area contributed by atoms with Gasteiger partial charge in [0.1, 0.15) is 12.4 Å². The summed E-state index contributed by atoms with van der Waals surface area (Å²) in [4.78, 5) is 0. The molecule has 0 amide bonds. The highest BCUT2D eigenvalue weighted by Gasteiger charge is 2.12. The van der Waals surface area contributed by atoms with Crippen molar-refractivity contribution in [1.82, 2.24) is 9.78 Å². The van der Waals surface area contributed by atoms with E-state index in [1.54, 1.807) is 5.01 Å². The van der Waals surface area contributed by atoms with Crippen molar-refractivity contribution in [2.45, 2.75) is 33.8 Å². The topological polar surface area (TPSA) is 56.3 Å². The first kappa shape index (κ1) is 19.0. The summed E-state index contributed by atoms with van der Waals surface area (Å²) in [5, 5.41) is 6.20. The highest BCUT2D eigenvalue weighted by atomic mass is 16.5. The maximum absolute atomic E-state index is 6.17. The molecule has 2 N–H and O–H groups in total. The van der Waals surface area contributed by atoms with E-state index in [9.17, 15) is 0 Å². The van der Waals surface area contributed by atoms with Crippen molar-refractivity contribution in [1.29, 1.82) is 0 Å². The van der Waals surface area contributed by atoms with Gasteiger partial charge in [-0.15, -0.1) is 0 Å². The van der Waals surface area contributed by atoms with Crippen molar-refractivity contribution in [3.63, 3.8) is 0 Å². The molecule has 0 atom stereocenters. The average Bonchev–Trinajstić information content (AvgIpc) is 2.99. The van der Waals surface area contributed by atoms with E-state index in [4.69, 9.17) is 10.6 Å². The van der Waals surface area contributed by atoms with Crippen molar-refractivity contribution in [3.8, 4) is 17.0 Å². The molecule has 142 valence electrons. The molecule has 1 heterocycles. The summed E-state index contributed by atoms with van der Waals surface area (Å²) in [6.07, 6.45) is 0.942. The third-order valence-electron chi connectivity index (χ3n) is 4.97. The van der Waals surface area contributed by atoms with Crippen molar-refractivity contribution in [3.05, 3.63) is 64.8 Å². The number of aromatic nitrogens is 2. The Morgan fingerprint density at radius 3 is 2.52 bits per heavy atom. The van der Waals surface area contributed by atoms with Crippen LogP contribution in [0.15, 0.2) is 42.5 Å². The number of rotatable bonds is 6. The Morgan fingerprint density at radius 2 is 1.93 bits per heavy atom. The molecule has 0 unspecified atom stereocenters. The molecular formula is C22H28N4O. The predicted molar refractivity (Wildman–Crippen MR) is 111 cm³/mol. The zero-order chi connectivity index (χ0) is 19.6. The molecule has 0 bridgehead atoms. The van der Waals surface area contributed by atoms with E-state index >= 15 is 0 Å². The largest absolute Gasteiger partial charge is 0.489 e. The lowest BCUT2D eigenvalue weighted by molar-refractivity contribution is 0.303. The number of hydrazine groups is 1. The second-order valence-electron chi connectivity index (χ2n) is 6.94. The molecule has 0 radical (unpaired) electrons. The summed E-state index contributed by atoms with van der Waals surface area (Å²) in [6.45, 7) is 6.76. The van der Waals surface area contributed by atoms with Crippen LogP contribution in [0, 0.1) is 13.8 Å². The SMILES string of the molecule is CCc1cccc(N(C)N)c1COc1ccc(-c2cc(C)n(C)n2)cc1C. The van der Waals surface area contributed by atoms with Crippen LogP contribution in [-0.4, -0.2) is 16.8 Å². The minimum absolute atomic E-state index is 0.490. The van der Waals surface area contributed by atoms with E-state index in [1.807, 2.05) is 37.0 Å². The number of nitrogens with two attached hydrogens (primary N) is 1. The van der Waals surface area contributed by atoms with Gasteiger partial charge in [-0.05, 0) is 61.7 Å². The quantitative estimate of drug-likeness (QED) is 0.527. The highest BCUT2D eigenvalue weighted by Crippen LogP contribution is 2.28. The average molecular weight is 364 g/mol. The molecule has 0 aliphatic carbocycles. The van der Waals surface area contributed by atoms with Gasteiger partial charge >= 0.3 is 0 Å². The van der Waals surface area contributed by atoms with E-state index in [1.165, 1.54) is 5.56 Å². The fourth-order valence-electron chi connectivity index (χ4n) is 3.27. The van der Waals surface area contributed by atoms with Gasteiger partial charge in [-0.2, -0.15) is 5.10 Å². The molecule has 0 aliphatic rings. The summed E-state index contributed by atoms with van der Waals surface area (Å²) in [5.41, 5.74) is 7.68. The lowest BCUT2D eigenvalue weighted by Gasteiger charge is -2.20. The van der Waals surface area contributed by atoms with Gasteiger partial charge in [0.05, 0.1) is 11.4 Å². The number of aryl methyl sites for hydroxylation is 4. The van der Waals surface area contributed by atoms with E-state index in [2.05, 4.69) is 50.1 Å². The number of hydrogen-bond acceptors (Lipinski definition) is 4. The second kappa shape index (κ2) is 7.84. The Morgan fingerprint density at radius 1 is 1.15 bits per heavy atom. The normalized spacial score (nSPS) is 10.9. The van der Waals surface area contributed by atoms with Crippen molar-refractivity contribution < 1.29 is 4.74 Å². The molecule has 5 heteroatoms. The molecule has 0 aliphatic heterocycles. The molecule has 3 aromatic rings. The van der Waals surface area contributed by atoms with Crippen molar-refractivity contribution in [2.24, 2.45) is 12.9 Å². The fourth-order valence-corrected chi connectivity index (χ4v) is 3.27. The first-order valence-electron chi connectivity index (χ1n) is 9.24. The highest BCUT2D eigenvalue weighted by molar-refractivity contribution is 5.62. The third kappa shape index (κ3) is 3.98. The van der Waals surface area contributed by atoms with Gasteiger partial charge in [-0.25, -0.2) is 5.84 Å². The van der Waals surface area contributed by atoms with Gasteiger partial charge in [-0.3, -0.25) is 4.68 Å². The maximum atomic E-state index is 6.17. The van der Waals surface area contributed by atoms with Crippen LogP contribution < -0.4 is 15.6 Å². The summed E-state index contributed by atoms with van der Waals surface area (Å²) in [6, 6.07) is 14.5. The third-order valence-corrected chi connectivity index (χ3v) is 4.97. The Bertz CT molecular complexity index is 924. The fraction of sp³-hybridized carbons (Fsp3) is 0.318. The van der Waals surface area contributed by atoms with Crippen LogP contribution in [0.5, 0.6) is 5.75 Å². The Kier molecular flexibility index (Phi) is 5.51. The molecular weight excluding hydrogens is 336 g/mol. The maximum Gasteiger partial charge on any atom is 0.122 e. The summed E-state index contributed by atoms with van der Waals surface area (Å²) in [5.74, 6) is 6.88. The van der Waals surface area contributed by atoms with Crippen molar-refractivity contribution in [2.75, 3.05) is 12.1 Å². The molecule has 0 fully saturated rings. The zero-order valence-corrected chi connectivity index (χ0v) is 16.8. The lowest BCUT2D eigenvalue weighted by atomic mass is 10.0. The summed E-state index contributed by atoms with van der Waals surface area (Å²) in [7, 11) is 3.81. The lowest BCUT2D eigenvalue weighted by Crippen LogP contribution is -2.27. The van der Waals surface area contributed by atoms with Gasteiger partial charge in [0.25, 0.3) is 0 Å². The Labute approximate surface area is 161 Å². The first-order valence-corrected chi connectivity index (χ1v) is 9.24. The Hall–Kier alpha value is -2.79. The second-order valence-corrected chi connectivity index (χ2v) is 6.94. The van der Waals surface area contributed by atoms with Crippen LogP contribution in [0.1, 0.15) is 29.3 Å². The minimum atomic E-state index is 0.490. The minimum Gasteiger partial charge on any atom is -0.489 e. The van der Waals surface area contributed by atoms with Gasteiger partial charge in [0.2, 0.25) is 0 Å². The van der Waals surface area contributed by atoms with Crippen LogP contribution in [0.4, 0.5) is 5.69 Å². The summed E-state index contributed by atoms with van der Waals surface area (Å²) < 4.78 is 8.06. The number of ether oxygens (including phenoxy) is 1. The van der Waals surface area contributed by atoms with E-state index < -0.39 is 0 Å². The van der Waals surface area contributed by atoms with Gasteiger partial charge in [-0.1, -0.05) is 19.1 Å². The van der Waals surface area contributed by atoms with E-state index in [-0.39, 0.29) is 0 Å². The predicted octanol–water partition coefficient (Wildman–Crippen LogP) is 4.16. The van der Waals surface area contributed by atoms with Crippen molar-refractivity contribution >= 4 is 5.69 Å². The van der Waals surface area contributed by atoms with Crippen LogP contribution in [0.25, 0.3) is 11.3 Å². The number of anilines is 1. The van der Waals surface area contributed by atoms with Gasteiger partial charge < -0.3 is 9.75 Å². The van der Waals surface area contributed by atoms with Gasteiger partial charge in [0, 0.05) is 30.9 Å². The molecule has 27 heavy (non-hydrogen) atoms. The van der Waals surface area contributed by atoms with Crippen LogP contribution in [-0.2, 0) is 20.1 Å². The number of hydrogen-bond donors (Lipinski definition) is 1. The van der Waals surface area contributed by atoms with E-state index in [0.717, 1.165) is 45.9 Å². The molecule has 2 aromatic carbocycles. The molecule has 0 spiro atoms. The zero-order valence-electron chi connectivity index (χ0n) is 16.8. The number of nitrogens with zero attached hydrogens (tertiary/aromatic N) is 3. The molecule has 1 aromatic heterocycles. The molecule has 0 saturated heterocycles. The summed E-state index contributed by atoms with van der Waals surface area (Å²) >= 11 is 0. The first-order chi connectivity index (χ1) is 12.9. The van der Waals surface area contributed by atoms with Crippen LogP contribution in [0.2, 0.25) is 0 Å². The smallest absolute Gasteiger partial charge is 0.122 e. The molecule has 5 nitrogen and oxygen atoms in total. The van der Waals surface area contributed by atoms with Crippen LogP contribution in [0.3, 0.4) is 0 Å².